The molecule has 0 aliphatic carbocycles. The first kappa shape index (κ1) is 16.3. The molecule has 5 heteroatoms. The number of terminal acetylenes is 1. The molecule has 2 aromatic carbocycles. The van der Waals surface area contributed by atoms with E-state index >= 15 is 0 Å². The molecule has 3 rings (SSSR count). The Bertz CT molecular complexity index is 892. The zero-order valence-corrected chi connectivity index (χ0v) is 13.6. The van der Waals surface area contributed by atoms with Gasteiger partial charge in [0.15, 0.2) is 17.2 Å². The number of carbonyl (C=O) groups excluding carboxylic acids is 1. The van der Waals surface area contributed by atoms with E-state index in [4.69, 9.17) is 20.6 Å². The lowest BCUT2D eigenvalue weighted by Crippen LogP contribution is -2.04. The fourth-order valence-corrected chi connectivity index (χ4v) is 2.28. The molecule has 0 amide bonds. The Hall–Kier alpha value is -3.52. The van der Waals surface area contributed by atoms with E-state index in [2.05, 4.69) is 10.9 Å². The fraction of sp³-hybridized carbons (Fsp3) is 0.100. The summed E-state index contributed by atoms with van der Waals surface area (Å²) in [6, 6.07) is 14.5. The normalized spacial score (nSPS) is 14.6. The highest BCUT2D eigenvalue weighted by Gasteiger charge is 2.24. The van der Waals surface area contributed by atoms with Gasteiger partial charge in [0.05, 0.1) is 7.11 Å². The van der Waals surface area contributed by atoms with Crippen molar-refractivity contribution in [2.75, 3.05) is 13.7 Å². The van der Waals surface area contributed by atoms with Gasteiger partial charge in [0.2, 0.25) is 5.90 Å². The van der Waals surface area contributed by atoms with Crippen LogP contribution in [0.1, 0.15) is 11.1 Å². The highest BCUT2D eigenvalue weighted by Crippen LogP contribution is 2.29. The molecule has 1 aliphatic heterocycles. The van der Waals surface area contributed by atoms with E-state index in [9.17, 15) is 4.79 Å². The molecule has 0 saturated carbocycles. The van der Waals surface area contributed by atoms with E-state index in [1.807, 2.05) is 30.3 Å². The molecule has 0 bridgehead atoms. The third-order valence-electron chi connectivity index (χ3n) is 3.44. The van der Waals surface area contributed by atoms with Crippen LogP contribution in [-0.2, 0) is 9.53 Å². The zero-order chi connectivity index (χ0) is 17.6. The van der Waals surface area contributed by atoms with Gasteiger partial charge in [-0.3, -0.25) is 0 Å². The van der Waals surface area contributed by atoms with Crippen molar-refractivity contribution < 1.29 is 19.0 Å². The van der Waals surface area contributed by atoms with Gasteiger partial charge in [0, 0.05) is 5.56 Å². The fourth-order valence-electron chi connectivity index (χ4n) is 2.28. The van der Waals surface area contributed by atoms with Crippen LogP contribution in [0.3, 0.4) is 0 Å². The number of ether oxygens (including phenoxy) is 3. The molecule has 0 N–H and O–H groups in total. The summed E-state index contributed by atoms with van der Waals surface area (Å²) in [5, 5.41) is 0. The van der Waals surface area contributed by atoms with E-state index < -0.39 is 5.97 Å². The number of methoxy groups -OCH3 is 1. The first-order chi connectivity index (χ1) is 12.2. The lowest BCUT2D eigenvalue weighted by Gasteiger charge is -2.09. The molecule has 25 heavy (non-hydrogen) atoms. The van der Waals surface area contributed by atoms with Gasteiger partial charge in [-0.1, -0.05) is 30.2 Å². The molecular formula is C20H15NO4. The van der Waals surface area contributed by atoms with Crippen molar-refractivity contribution in [2.24, 2.45) is 4.99 Å². The van der Waals surface area contributed by atoms with Crippen LogP contribution in [0, 0.1) is 12.3 Å². The Morgan fingerprint density at radius 3 is 2.72 bits per heavy atom. The third kappa shape index (κ3) is 3.70. The highest BCUT2D eigenvalue weighted by atomic mass is 16.6. The number of aliphatic imine (C=N–C) groups is 1. The summed E-state index contributed by atoms with van der Waals surface area (Å²) >= 11 is 0. The van der Waals surface area contributed by atoms with Crippen molar-refractivity contribution in [3.8, 4) is 23.8 Å². The van der Waals surface area contributed by atoms with Crippen LogP contribution in [0.25, 0.3) is 6.08 Å². The predicted octanol–water partition coefficient (Wildman–Crippen LogP) is 3.05. The molecule has 0 radical (unpaired) electrons. The molecule has 1 aliphatic rings. The monoisotopic (exact) mass is 333 g/mol. The Kier molecular flexibility index (Phi) is 4.82. The standard InChI is InChI=1S/C20H15NO4/c1-3-11-24-17-10-9-14(13-18(17)23-2)12-16-20(22)25-19(21-16)15-7-5-4-6-8-15/h1,4-10,12-13H,11H2,2H3/b16-12-. The summed E-state index contributed by atoms with van der Waals surface area (Å²) < 4.78 is 15.9. The summed E-state index contributed by atoms with van der Waals surface area (Å²) in [6.07, 6.45) is 6.82. The van der Waals surface area contributed by atoms with Gasteiger partial charge in [-0.15, -0.1) is 6.42 Å². The number of rotatable bonds is 5. The van der Waals surface area contributed by atoms with Crippen molar-refractivity contribution >= 4 is 17.9 Å². The molecule has 0 spiro atoms. The largest absolute Gasteiger partial charge is 0.493 e. The maximum absolute atomic E-state index is 12.0. The second kappa shape index (κ2) is 7.37. The summed E-state index contributed by atoms with van der Waals surface area (Å²) in [7, 11) is 1.53. The van der Waals surface area contributed by atoms with Crippen LogP contribution < -0.4 is 9.47 Å². The number of nitrogens with zero attached hydrogens (tertiary/aromatic N) is 1. The van der Waals surface area contributed by atoms with Crippen LogP contribution in [0.15, 0.2) is 59.2 Å². The molecule has 0 unspecified atom stereocenters. The molecule has 0 saturated heterocycles. The van der Waals surface area contributed by atoms with E-state index in [0.717, 1.165) is 11.1 Å². The van der Waals surface area contributed by atoms with Crippen molar-refractivity contribution in [3.63, 3.8) is 0 Å². The number of carbonyl (C=O) groups is 1. The lowest BCUT2D eigenvalue weighted by molar-refractivity contribution is -0.129. The van der Waals surface area contributed by atoms with Crippen LogP contribution in [0.5, 0.6) is 11.5 Å². The first-order valence-electron chi connectivity index (χ1n) is 7.53. The second-order valence-corrected chi connectivity index (χ2v) is 5.11. The maximum atomic E-state index is 12.0. The van der Waals surface area contributed by atoms with Crippen molar-refractivity contribution in [3.05, 3.63) is 65.4 Å². The number of hydrogen-bond donors (Lipinski definition) is 0. The minimum atomic E-state index is -0.495. The number of benzene rings is 2. The molecule has 124 valence electrons. The molecule has 2 aromatic rings. The van der Waals surface area contributed by atoms with Gasteiger partial charge in [-0.25, -0.2) is 9.79 Å². The molecule has 1 heterocycles. The average molecular weight is 333 g/mol. The van der Waals surface area contributed by atoms with E-state index in [1.165, 1.54) is 7.11 Å². The Balaban J connectivity index is 1.88. The third-order valence-corrected chi connectivity index (χ3v) is 3.44. The van der Waals surface area contributed by atoms with E-state index in [-0.39, 0.29) is 18.2 Å². The lowest BCUT2D eigenvalue weighted by atomic mass is 10.1. The summed E-state index contributed by atoms with van der Waals surface area (Å²) in [6.45, 7) is 0.147. The zero-order valence-electron chi connectivity index (χ0n) is 13.6. The van der Waals surface area contributed by atoms with Gasteiger partial charge in [-0.2, -0.15) is 0 Å². The first-order valence-corrected chi connectivity index (χ1v) is 7.53. The summed E-state index contributed by atoms with van der Waals surface area (Å²) in [5.41, 5.74) is 1.70. The molecule has 0 fully saturated rings. The maximum Gasteiger partial charge on any atom is 0.363 e. The molecule has 0 aromatic heterocycles. The minimum absolute atomic E-state index is 0.147. The predicted molar refractivity (Wildman–Crippen MR) is 94.4 cm³/mol. The average Bonchev–Trinajstić information content (AvgIpc) is 3.02. The summed E-state index contributed by atoms with van der Waals surface area (Å²) in [4.78, 5) is 16.3. The van der Waals surface area contributed by atoms with Crippen LogP contribution in [0.4, 0.5) is 0 Å². The van der Waals surface area contributed by atoms with Crippen LogP contribution in [0.2, 0.25) is 0 Å². The van der Waals surface area contributed by atoms with Gasteiger partial charge in [-0.05, 0) is 35.9 Å². The van der Waals surface area contributed by atoms with Crippen LogP contribution >= 0.6 is 0 Å². The summed E-state index contributed by atoms with van der Waals surface area (Å²) in [5.74, 6) is 3.24. The van der Waals surface area contributed by atoms with Crippen molar-refractivity contribution in [1.82, 2.24) is 0 Å². The van der Waals surface area contributed by atoms with Crippen molar-refractivity contribution in [1.29, 1.82) is 0 Å². The van der Waals surface area contributed by atoms with Gasteiger partial charge < -0.3 is 14.2 Å². The van der Waals surface area contributed by atoms with E-state index in [1.54, 1.807) is 24.3 Å². The smallest absolute Gasteiger partial charge is 0.363 e. The molecule has 5 nitrogen and oxygen atoms in total. The SMILES string of the molecule is C#CCOc1ccc(/C=C2\N=C(c3ccccc3)OC2=O)cc1OC. The van der Waals surface area contributed by atoms with Gasteiger partial charge in [0.25, 0.3) is 0 Å². The van der Waals surface area contributed by atoms with E-state index in [0.29, 0.717) is 11.5 Å². The number of esters is 1. The Morgan fingerprint density at radius 2 is 2.00 bits per heavy atom. The molecule has 0 atom stereocenters. The number of cyclic esters (lactones) is 1. The number of hydrogen-bond acceptors (Lipinski definition) is 5. The van der Waals surface area contributed by atoms with Crippen molar-refractivity contribution in [2.45, 2.75) is 0 Å². The van der Waals surface area contributed by atoms with Crippen LogP contribution in [-0.4, -0.2) is 25.6 Å². The Labute approximate surface area is 145 Å². The Morgan fingerprint density at radius 1 is 1.20 bits per heavy atom. The minimum Gasteiger partial charge on any atom is -0.493 e. The highest BCUT2D eigenvalue weighted by molar-refractivity contribution is 6.12. The quantitative estimate of drug-likeness (QED) is 0.479. The second-order valence-electron chi connectivity index (χ2n) is 5.11. The molecular weight excluding hydrogens is 318 g/mol. The van der Waals surface area contributed by atoms with Gasteiger partial charge in [0.1, 0.15) is 6.61 Å². The topological polar surface area (TPSA) is 57.1 Å². The van der Waals surface area contributed by atoms with Gasteiger partial charge >= 0.3 is 5.97 Å².